The Morgan fingerprint density at radius 3 is 1.98 bits per heavy atom. The summed E-state index contributed by atoms with van der Waals surface area (Å²) in [6.45, 7) is 2.93. The maximum Gasteiger partial charge on any atom is 0.271 e. The van der Waals surface area contributed by atoms with Gasteiger partial charge in [0.25, 0.3) is 5.91 Å². The first-order valence-electron chi connectivity index (χ1n) is 17.6. The van der Waals surface area contributed by atoms with Gasteiger partial charge in [0.15, 0.2) is 5.69 Å². The highest BCUT2D eigenvalue weighted by molar-refractivity contribution is 7.89. The summed E-state index contributed by atoms with van der Waals surface area (Å²) in [5, 5.41) is 14.4. The van der Waals surface area contributed by atoms with Crippen molar-refractivity contribution in [3.05, 3.63) is 102 Å². The number of unbranched alkanes of at least 4 members (excludes halogenated alkanes) is 7. The zero-order chi connectivity index (χ0) is 37.3. The zero-order valence-electron chi connectivity index (χ0n) is 30.0. The third-order valence-corrected chi connectivity index (χ3v) is 11.5. The van der Waals surface area contributed by atoms with Crippen LogP contribution >= 0.6 is 0 Å². The molecule has 0 aliphatic rings. The number of nitrogens with zero attached hydrogens (tertiary/aromatic N) is 3. The minimum Gasteiger partial charge on any atom is -0.377 e. The van der Waals surface area contributed by atoms with E-state index in [1.807, 2.05) is 74.4 Å². The van der Waals surface area contributed by atoms with Crippen molar-refractivity contribution < 1.29 is 21.6 Å². The number of sulfonamides is 2. The highest BCUT2D eigenvalue weighted by atomic mass is 32.2. The van der Waals surface area contributed by atoms with Crippen molar-refractivity contribution in [2.75, 3.05) is 32.1 Å². The fourth-order valence-electron chi connectivity index (χ4n) is 6.17. The van der Waals surface area contributed by atoms with Gasteiger partial charge in [-0.3, -0.25) is 4.79 Å². The Morgan fingerprint density at radius 1 is 0.750 bits per heavy atom. The molecular weight excluding hydrogens is 697 g/mol. The zero-order valence-corrected chi connectivity index (χ0v) is 31.6. The number of nitrogens with two attached hydrogens (primary N) is 1. The molecule has 0 saturated heterocycles. The van der Waals surface area contributed by atoms with Crippen LogP contribution in [-0.2, 0) is 20.0 Å². The van der Waals surface area contributed by atoms with Gasteiger partial charge in [0.05, 0.1) is 21.2 Å². The summed E-state index contributed by atoms with van der Waals surface area (Å²) < 4.78 is 54.1. The third kappa shape index (κ3) is 9.85. The minimum absolute atomic E-state index is 0.00392. The number of rotatable bonds is 18. The first-order chi connectivity index (χ1) is 24.8. The van der Waals surface area contributed by atoms with Gasteiger partial charge < -0.3 is 10.2 Å². The fourth-order valence-corrected chi connectivity index (χ4v) is 7.98. The molecule has 276 valence electrons. The van der Waals surface area contributed by atoms with E-state index in [0.29, 0.717) is 29.4 Å². The Hall–Kier alpha value is -4.56. The van der Waals surface area contributed by atoms with E-state index in [1.54, 1.807) is 35.0 Å². The smallest absolute Gasteiger partial charge is 0.271 e. The van der Waals surface area contributed by atoms with Crippen molar-refractivity contribution in [3.63, 3.8) is 0 Å². The SMILES string of the molecule is Cc1ccc(-c2cc(C(=O)NCCCCCCCCCCNS(=O)(=O)c3cccc4c(N(C)C)cccc34)nn2-c2ccc(S(N)(=O)=O)cc2)cc1. The molecular formula is C39H48N6O5S2. The molecule has 0 fully saturated rings. The predicted octanol–water partition coefficient (Wildman–Crippen LogP) is 6.54. The summed E-state index contributed by atoms with van der Waals surface area (Å²) in [6.07, 6.45) is 7.81. The molecule has 4 aromatic carbocycles. The highest BCUT2D eigenvalue weighted by Crippen LogP contribution is 2.30. The monoisotopic (exact) mass is 744 g/mol. The minimum atomic E-state index is -3.84. The van der Waals surface area contributed by atoms with E-state index in [4.69, 9.17) is 5.14 Å². The van der Waals surface area contributed by atoms with Crippen LogP contribution in [0.1, 0.15) is 67.4 Å². The van der Waals surface area contributed by atoms with Crippen LogP contribution in [0, 0.1) is 6.92 Å². The molecule has 1 amide bonds. The second-order valence-corrected chi connectivity index (χ2v) is 16.5. The van der Waals surface area contributed by atoms with Crippen molar-refractivity contribution in [3.8, 4) is 16.9 Å². The van der Waals surface area contributed by atoms with E-state index in [2.05, 4.69) is 15.1 Å². The number of amides is 1. The number of anilines is 1. The van der Waals surface area contributed by atoms with E-state index < -0.39 is 20.0 Å². The molecule has 0 saturated carbocycles. The number of carbonyl (C=O) groups excluding carboxylic acids is 1. The molecule has 1 aromatic heterocycles. The number of nitrogens with one attached hydrogen (secondary N) is 2. The molecule has 0 atom stereocenters. The van der Waals surface area contributed by atoms with Crippen molar-refractivity contribution in [2.45, 2.75) is 68.1 Å². The molecule has 4 N–H and O–H groups in total. The van der Waals surface area contributed by atoms with E-state index in [9.17, 15) is 21.6 Å². The van der Waals surface area contributed by atoms with Crippen LogP contribution in [0.4, 0.5) is 5.69 Å². The van der Waals surface area contributed by atoms with Gasteiger partial charge >= 0.3 is 0 Å². The van der Waals surface area contributed by atoms with Gasteiger partial charge in [-0.05, 0) is 62.2 Å². The molecule has 0 spiro atoms. The lowest BCUT2D eigenvalue weighted by atomic mass is 10.1. The molecule has 0 unspecified atom stereocenters. The number of carbonyl (C=O) groups is 1. The summed E-state index contributed by atoms with van der Waals surface area (Å²) in [4.78, 5) is 15.4. The number of aromatic nitrogens is 2. The Kier molecular flexibility index (Phi) is 12.9. The topological polar surface area (TPSA) is 156 Å². The lowest BCUT2D eigenvalue weighted by Gasteiger charge is -2.17. The van der Waals surface area contributed by atoms with E-state index >= 15 is 0 Å². The number of aryl methyl sites for hydroxylation is 1. The summed E-state index contributed by atoms with van der Waals surface area (Å²) in [5.41, 5.74) is 4.52. The molecule has 0 bridgehead atoms. The molecule has 1 heterocycles. The van der Waals surface area contributed by atoms with Gasteiger partial charge in [-0.15, -0.1) is 0 Å². The van der Waals surface area contributed by atoms with Crippen molar-refractivity contribution in [2.24, 2.45) is 5.14 Å². The summed E-state index contributed by atoms with van der Waals surface area (Å²) >= 11 is 0. The van der Waals surface area contributed by atoms with Crippen LogP contribution in [0.25, 0.3) is 27.7 Å². The second-order valence-electron chi connectivity index (χ2n) is 13.2. The number of hydrogen-bond donors (Lipinski definition) is 3. The Bertz CT molecular complexity index is 2200. The Balaban J connectivity index is 1.02. The molecule has 0 radical (unpaired) electrons. The molecule has 5 aromatic rings. The second kappa shape index (κ2) is 17.3. The standard InChI is InChI=1S/C39H48N6O5S2/c1-29-18-20-30(21-19-29)37-28-35(43-45(37)31-22-24-32(25-23-31)51(40,47)48)39(46)41-26-10-8-6-4-5-7-9-11-27-42-52(49,50)38-17-13-14-33-34(38)15-12-16-36(33)44(2)3/h12-25,28,42H,4-11,26-27H2,1-3H3,(H,41,46)(H2,40,47,48). The first-order valence-corrected chi connectivity index (χ1v) is 20.7. The normalized spacial score (nSPS) is 11.9. The average Bonchev–Trinajstić information content (AvgIpc) is 3.57. The summed E-state index contributed by atoms with van der Waals surface area (Å²) in [7, 11) is -3.57. The number of fused-ring (bicyclic) bond motifs is 1. The van der Waals surface area contributed by atoms with Crippen molar-refractivity contribution >= 4 is 42.4 Å². The van der Waals surface area contributed by atoms with E-state index in [0.717, 1.165) is 79.0 Å². The van der Waals surface area contributed by atoms with Crippen LogP contribution < -0.4 is 20.1 Å². The summed E-state index contributed by atoms with van der Waals surface area (Å²) in [5.74, 6) is -0.275. The molecule has 52 heavy (non-hydrogen) atoms. The lowest BCUT2D eigenvalue weighted by Crippen LogP contribution is -2.25. The van der Waals surface area contributed by atoms with Gasteiger partial charge in [0, 0.05) is 49.2 Å². The van der Waals surface area contributed by atoms with Crippen LogP contribution in [0.5, 0.6) is 0 Å². The highest BCUT2D eigenvalue weighted by Gasteiger charge is 2.19. The van der Waals surface area contributed by atoms with Crippen molar-refractivity contribution in [1.29, 1.82) is 0 Å². The summed E-state index contributed by atoms with van der Waals surface area (Å²) in [6, 6.07) is 26.8. The largest absolute Gasteiger partial charge is 0.377 e. The van der Waals surface area contributed by atoms with Gasteiger partial charge in [-0.25, -0.2) is 31.4 Å². The number of benzene rings is 4. The predicted molar refractivity (Wildman–Crippen MR) is 208 cm³/mol. The van der Waals surface area contributed by atoms with E-state index in [-0.39, 0.29) is 16.5 Å². The van der Waals surface area contributed by atoms with Gasteiger partial charge in [0.1, 0.15) is 0 Å². The van der Waals surface area contributed by atoms with Crippen LogP contribution in [0.15, 0.2) is 101 Å². The van der Waals surface area contributed by atoms with Gasteiger partial charge in [0.2, 0.25) is 20.0 Å². The van der Waals surface area contributed by atoms with Crippen LogP contribution in [0.2, 0.25) is 0 Å². The lowest BCUT2D eigenvalue weighted by molar-refractivity contribution is 0.0947. The van der Waals surface area contributed by atoms with Gasteiger partial charge in [-0.2, -0.15) is 5.10 Å². The Labute approximate surface area is 307 Å². The van der Waals surface area contributed by atoms with Crippen LogP contribution in [0.3, 0.4) is 0 Å². The molecule has 11 nitrogen and oxygen atoms in total. The fraction of sp³-hybridized carbons (Fsp3) is 0.333. The average molecular weight is 745 g/mol. The maximum absolute atomic E-state index is 13.1. The first kappa shape index (κ1) is 38.7. The molecule has 0 aliphatic heterocycles. The molecule has 5 rings (SSSR count). The molecule has 13 heteroatoms. The van der Waals surface area contributed by atoms with Crippen molar-refractivity contribution in [1.82, 2.24) is 19.8 Å². The maximum atomic E-state index is 13.1. The molecule has 0 aliphatic carbocycles. The van der Waals surface area contributed by atoms with E-state index in [1.165, 1.54) is 12.1 Å². The number of primary sulfonamides is 1. The number of hydrogen-bond acceptors (Lipinski definition) is 7. The Morgan fingerprint density at radius 2 is 1.35 bits per heavy atom. The quantitative estimate of drug-likeness (QED) is 0.0860. The third-order valence-electron chi connectivity index (χ3n) is 9.01. The van der Waals surface area contributed by atoms with Crippen LogP contribution in [-0.4, -0.2) is 59.7 Å². The van der Waals surface area contributed by atoms with Gasteiger partial charge in [-0.1, -0.05) is 92.6 Å².